The predicted octanol–water partition coefficient (Wildman–Crippen LogP) is 0.640. The SMILES string of the molecule is COCCCNC(=O)C1CCCC1C(=O)O. The van der Waals surface area contributed by atoms with Crippen molar-refractivity contribution < 1.29 is 19.4 Å². The van der Waals surface area contributed by atoms with Crippen LogP contribution in [0.15, 0.2) is 0 Å². The van der Waals surface area contributed by atoms with E-state index in [0.29, 0.717) is 26.0 Å². The van der Waals surface area contributed by atoms with E-state index in [0.717, 1.165) is 12.8 Å². The Hall–Kier alpha value is -1.10. The summed E-state index contributed by atoms with van der Waals surface area (Å²) in [5.74, 6) is -1.82. The highest BCUT2D eigenvalue weighted by Crippen LogP contribution is 2.31. The molecule has 5 nitrogen and oxygen atoms in total. The van der Waals surface area contributed by atoms with Crippen LogP contribution >= 0.6 is 0 Å². The van der Waals surface area contributed by atoms with Crippen molar-refractivity contribution in [2.45, 2.75) is 25.7 Å². The highest BCUT2D eigenvalue weighted by Gasteiger charge is 2.37. The molecular weight excluding hydrogens is 210 g/mol. The van der Waals surface area contributed by atoms with Crippen LogP contribution in [0.3, 0.4) is 0 Å². The Bertz CT molecular complexity index is 254. The van der Waals surface area contributed by atoms with Crippen molar-refractivity contribution in [2.24, 2.45) is 11.8 Å². The van der Waals surface area contributed by atoms with Gasteiger partial charge in [0.1, 0.15) is 0 Å². The first-order valence-corrected chi connectivity index (χ1v) is 5.66. The van der Waals surface area contributed by atoms with Gasteiger partial charge < -0.3 is 15.2 Å². The van der Waals surface area contributed by atoms with Crippen LogP contribution in [0.5, 0.6) is 0 Å². The van der Waals surface area contributed by atoms with E-state index in [2.05, 4.69) is 5.32 Å². The summed E-state index contributed by atoms with van der Waals surface area (Å²) < 4.78 is 4.86. The minimum absolute atomic E-state index is 0.124. The maximum Gasteiger partial charge on any atom is 0.307 e. The normalized spacial score (nSPS) is 24.3. The zero-order valence-electron chi connectivity index (χ0n) is 9.57. The minimum Gasteiger partial charge on any atom is -0.481 e. The predicted molar refractivity (Wildman–Crippen MR) is 58.0 cm³/mol. The van der Waals surface area contributed by atoms with Crippen LogP contribution in [0, 0.1) is 11.8 Å². The van der Waals surface area contributed by atoms with Gasteiger partial charge in [0.15, 0.2) is 0 Å². The van der Waals surface area contributed by atoms with Crippen molar-refractivity contribution >= 4 is 11.9 Å². The molecule has 0 saturated heterocycles. The van der Waals surface area contributed by atoms with Crippen LogP contribution in [0.4, 0.5) is 0 Å². The Kier molecular flexibility index (Phi) is 5.25. The van der Waals surface area contributed by atoms with Gasteiger partial charge in [-0.25, -0.2) is 0 Å². The van der Waals surface area contributed by atoms with Gasteiger partial charge in [-0.1, -0.05) is 6.42 Å². The second-order valence-electron chi connectivity index (χ2n) is 4.12. The molecule has 0 bridgehead atoms. The van der Waals surface area contributed by atoms with Crippen LogP contribution in [0.2, 0.25) is 0 Å². The molecule has 2 atom stereocenters. The van der Waals surface area contributed by atoms with Gasteiger partial charge in [0.25, 0.3) is 0 Å². The fourth-order valence-corrected chi connectivity index (χ4v) is 2.13. The van der Waals surface area contributed by atoms with Gasteiger partial charge in [0.2, 0.25) is 5.91 Å². The number of hydrogen-bond donors (Lipinski definition) is 2. The van der Waals surface area contributed by atoms with Crippen LogP contribution in [-0.2, 0) is 14.3 Å². The third kappa shape index (κ3) is 3.48. The molecule has 2 N–H and O–H groups in total. The number of methoxy groups -OCH3 is 1. The molecular formula is C11H19NO4. The van der Waals surface area contributed by atoms with Gasteiger partial charge in [-0.2, -0.15) is 0 Å². The number of carbonyl (C=O) groups is 2. The lowest BCUT2D eigenvalue weighted by molar-refractivity contribution is -0.146. The molecule has 1 fully saturated rings. The van der Waals surface area contributed by atoms with Crippen LogP contribution < -0.4 is 5.32 Å². The van der Waals surface area contributed by atoms with E-state index >= 15 is 0 Å². The number of carbonyl (C=O) groups excluding carboxylic acids is 1. The van der Waals surface area contributed by atoms with E-state index < -0.39 is 11.9 Å². The molecule has 0 aromatic heterocycles. The molecule has 0 aromatic carbocycles. The third-order valence-corrected chi connectivity index (χ3v) is 2.99. The molecule has 0 spiro atoms. The number of rotatable bonds is 6. The first-order chi connectivity index (χ1) is 7.66. The van der Waals surface area contributed by atoms with E-state index in [-0.39, 0.29) is 11.8 Å². The summed E-state index contributed by atoms with van der Waals surface area (Å²) in [5.41, 5.74) is 0. The Morgan fingerprint density at radius 2 is 2.06 bits per heavy atom. The third-order valence-electron chi connectivity index (χ3n) is 2.99. The molecule has 2 unspecified atom stereocenters. The summed E-state index contributed by atoms with van der Waals surface area (Å²) in [7, 11) is 1.61. The summed E-state index contributed by atoms with van der Waals surface area (Å²) in [5, 5.41) is 11.7. The summed E-state index contributed by atoms with van der Waals surface area (Å²) in [4.78, 5) is 22.6. The lowest BCUT2D eigenvalue weighted by Gasteiger charge is -2.15. The molecule has 0 aromatic rings. The van der Waals surface area contributed by atoms with Gasteiger partial charge in [-0.05, 0) is 19.3 Å². The standard InChI is InChI=1S/C11H19NO4/c1-16-7-3-6-12-10(13)8-4-2-5-9(8)11(14)15/h8-9H,2-7H2,1H3,(H,12,13)(H,14,15). The lowest BCUT2D eigenvalue weighted by atomic mass is 9.95. The summed E-state index contributed by atoms with van der Waals surface area (Å²) in [6.07, 6.45) is 2.89. The van der Waals surface area contributed by atoms with Crippen molar-refractivity contribution in [1.82, 2.24) is 5.32 Å². The number of aliphatic carboxylic acids is 1. The summed E-state index contributed by atoms with van der Waals surface area (Å²) in [6, 6.07) is 0. The van der Waals surface area contributed by atoms with Gasteiger partial charge in [0, 0.05) is 20.3 Å². The second kappa shape index (κ2) is 6.48. The number of nitrogens with one attached hydrogen (secondary N) is 1. The van der Waals surface area contributed by atoms with Gasteiger partial charge in [-0.3, -0.25) is 9.59 Å². The van der Waals surface area contributed by atoms with E-state index in [1.807, 2.05) is 0 Å². The molecule has 1 aliphatic carbocycles. The van der Waals surface area contributed by atoms with Crippen molar-refractivity contribution in [3.05, 3.63) is 0 Å². The molecule has 0 heterocycles. The van der Waals surface area contributed by atoms with Gasteiger partial charge in [0.05, 0.1) is 11.8 Å². The number of ether oxygens (including phenoxy) is 1. The topological polar surface area (TPSA) is 75.6 Å². The lowest BCUT2D eigenvalue weighted by Crippen LogP contribution is -2.36. The molecule has 0 aliphatic heterocycles. The second-order valence-corrected chi connectivity index (χ2v) is 4.12. The molecule has 16 heavy (non-hydrogen) atoms. The minimum atomic E-state index is -0.852. The molecule has 5 heteroatoms. The highest BCUT2D eigenvalue weighted by molar-refractivity contribution is 5.85. The average Bonchev–Trinajstić information content (AvgIpc) is 2.73. The maximum atomic E-state index is 11.7. The van der Waals surface area contributed by atoms with Gasteiger partial charge >= 0.3 is 5.97 Å². The molecule has 0 radical (unpaired) electrons. The van der Waals surface area contributed by atoms with Crippen molar-refractivity contribution in [3.8, 4) is 0 Å². The summed E-state index contributed by atoms with van der Waals surface area (Å²) in [6.45, 7) is 1.16. The molecule has 1 amide bonds. The molecule has 92 valence electrons. The Balaban J connectivity index is 2.32. The molecule has 1 rings (SSSR count). The van der Waals surface area contributed by atoms with Crippen molar-refractivity contribution in [3.63, 3.8) is 0 Å². The fourth-order valence-electron chi connectivity index (χ4n) is 2.13. The zero-order valence-corrected chi connectivity index (χ0v) is 9.57. The van der Waals surface area contributed by atoms with Crippen LogP contribution in [0.25, 0.3) is 0 Å². The van der Waals surface area contributed by atoms with Crippen LogP contribution in [0.1, 0.15) is 25.7 Å². The van der Waals surface area contributed by atoms with E-state index in [9.17, 15) is 9.59 Å². The first-order valence-electron chi connectivity index (χ1n) is 5.66. The Morgan fingerprint density at radius 3 is 2.69 bits per heavy atom. The molecule has 1 saturated carbocycles. The summed E-state index contributed by atoms with van der Waals surface area (Å²) >= 11 is 0. The van der Waals surface area contributed by atoms with E-state index in [4.69, 9.17) is 9.84 Å². The number of carboxylic acid groups (broad SMARTS) is 1. The number of carboxylic acids is 1. The monoisotopic (exact) mass is 229 g/mol. The smallest absolute Gasteiger partial charge is 0.307 e. The largest absolute Gasteiger partial charge is 0.481 e. The van der Waals surface area contributed by atoms with Gasteiger partial charge in [-0.15, -0.1) is 0 Å². The fraction of sp³-hybridized carbons (Fsp3) is 0.818. The zero-order chi connectivity index (χ0) is 12.0. The van der Waals surface area contributed by atoms with Crippen molar-refractivity contribution in [1.29, 1.82) is 0 Å². The van der Waals surface area contributed by atoms with Crippen molar-refractivity contribution in [2.75, 3.05) is 20.3 Å². The number of amides is 1. The quantitative estimate of drug-likeness (QED) is 0.655. The molecule has 1 aliphatic rings. The van der Waals surface area contributed by atoms with E-state index in [1.54, 1.807) is 7.11 Å². The Labute approximate surface area is 95.2 Å². The number of hydrogen-bond acceptors (Lipinski definition) is 3. The maximum absolute atomic E-state index is 11.7. The average molecular weight is 229 g/mol. The highest BCUT2D eigenvalue weighted by atomic mass is 16.5. The van der Waals surface area contributed by atoms with E-state index in [1.165, 1.54) is 0 Å². The van der Waals surface area contributed by atoms with Crippen LogP contribution in [-0.4, -0.2) is 37.2 Å². The Morgan fingerprint density at radius 1 is 1.38 bits per heavy atom. The first kappa shape index (κ1) is 13.0.